The number of benzene rings is 1. The van der Waals surface area contributed by atoms with Crippen LogP contribution in [0.3, 0.4) is 0 Å². The third kappa shape index (κ3) is 3.12. The number of aliphatic imine (C=N–C) groups is 2. The highest BCUT2D eigenvalue weighted by Crippen LogP contribution is 2.31. The number of amidine groups is 1. The van der Waals surface area contributed by atoms with Gasteiger partial charge in [0.1, 0.15) is 12.0 Å². The van der Waals surface area contributed by atoms with E-state index in [-0.39, 0.29) is 11.2 Å². The van der Waals surface area contributed by atoms with E-state index < -0.39 is 0 Å². The number of quaternary nitrogens is 1. The zero-order valence-electron chi connectivity index (χ0n) is 15.1. The van der Waals surface area contributed by atoms with Gasteiger partial charge in [-0.15, -0.1) is 0 Å². The summed E-state index contributed by atoms with van der Waals surface area (Å²) in [5, 5.41) is 17.2. The Bertz CT molecular complexity index is 959. The summed E-state index contributed by atoms with van der Waals surface area (Å²) in [7, 11) is 3.90. The molecule has 8 heteroatoms. The van der Waals surface area contributed by atoms with Crippen LogP contribution in [0.2, 0.25) is 0 Å². The van der Waals surface area contributed by atoms with Gasteiger partial charge in [0, 0.05) is 25.8 Å². The van der Waals surface area contributed by atoms with Gasteiger partial charge in [-0.2, -0.15) is 4.99 Å². The Morgan fingerprint density at radius 3 is 2.59 bits per heavy atom. The molecule has 1 aromatic carbocycles. The molecule has 0 radical (unpaired) electrons. The average molecular weight is 362 g/mol. The highest BCUT2D eigenvalue weighted by atomic mass is 16.3. The van der Waals surface area contributed by atoms with E-state index in [9.17, 15) is 0 Å². The predicted molar refractivity (Wildman–Crippen MR) is 109 cm³/mol. The lowest BCUT2D eigenvalue weighted by Crippen LogP contribution is -2.44. The molecule has 2 N–H and O–H groups in total. The summed E-state index contributed by atoms with van der Waals surface area (Å²) in [4.78, 5) is 15.2. The molecule has 8 nitrogen and oxygen atoms in total. The molecule has 0 saturated carbocycles. The van der Waals surface area contributed by atoms with Gasteiger partial charge in [0.15, 0.2) is 11.9 Å². The van der Waals surface area contributed by atoms with Crippen molar-refractivity contribution < 1.29 is 5.11 Å². The predicted octanol–water partition coefficient (Wildman–Crippen LogP) is 2.30. The highest BCUT2D eigenvalue weighted by molar-refractivity contribution is 6.38. The molecule has 136 valence electrons. The summed E-state index contributed by atoms with van der Waals surface area (Å²) in [5.74, 6) is 2.04. The van der Waals surface area contributed by atoms with Crippen LogP contribution in [-0.2, 0) is 6.61 Å². The number of rotatable bonds is 4. The van der Waals surface area contributed by atoms with Crippen molar-refractivity contribution in [3.05, 3.63) is 60.6 Å². The SMILES string of the molecule is CN(C)c1ccc([N+]23C=CN=CC2=NC(Nc2ccc(CO)cc2)=N3)cn1. The monoisotopic (exact) mass is 362 g/mol. The number of fused-ring (bicyclic) bond motifs is 1. The smallest absolute Gasteiger partial charge is 0.287 e. The second kappa shape index (κ2) is 6.75. The minimum absolute atomic E-state index is 0.0146. The normalized spacial score (nSPS) is 20.1. The third-order valence-corrected chi connectivity index (χ3v) is 4.36. The molecule has 4 rings (SSSR count). The second-order valence-corrected chi connectivity index (χ2v) is 6.40. The summed E-state index contributed by atoms with van der Waals surface area (Å²) in [6.45, 7) is 0.0146. The van der Waals surface area contributed by atoms with Gasteiger partial charge in [0.05, 0.1) is 19.0 Å². The quantitative estimate of drug-likeness (QED) is 0.817. The largest absolute Gasteiger partial charge is 0.392 e. The van der Waals surface area contributed by atoms with Crippen molar-refractivity contribution in [2.45, 2.75) is 6.61 Å². The van der Waals surface area contributed by atoms with Crippen LogP contribution < -0.4 is 14.8 Å². The van der Waals surface area contributed by atoms with Crippen molar-refractivity contribution in [2.24, 2.45) is 15.1 Å². The Kier molecular flexibility index (Phi) is 4.27. The maximum Gasteiger partial charge on any atom is 0.287 e. The molecule has 0 bridgehead atoms. The van der Waals surface area contributed by atoms with E-state index in [1.807, 2.05) is 61.6 Å². The number of hydrogen-bond acceptors (Lipinski definition) is 7. The fourth-order valence-corrected chi connectivity index (χ4v) is 2.88. The van der Waals surface area contributed by atoms with Crippen molar-refractivity contribution in [1.29, 1.82) is 0 Å². The Morgan fingerprint density at radius 2 is 1.93 bits per heavy atom. The number of nitrogens with zero attached hydrogens (tertiary/aromatic N) is 6. The third-order valence-electron chi connectivity index (χ3n) is 4.36. The molecule has 1 aromatic heterocycles. The van der Waals surface area contributed by atoms with Crippen molar-refractivity contribution in [1.82, 2.24) is 9.58 Å². The Morgan fingerprint density at radius 1 is 1.11 bits per heavy atom. The minimum Gasteiger partial charge on any atom is -0.392 e. The van der Waals surface area contributed by atoms with E-state index in [4.69, 9.17) is 10.2 Å². The highest BCUT2D eigenvalue weighted by Gasteiger charge is 2.43. The molecule has 1 unspecified atom stereocenters. The van der Waals surface area contributed by atoms with E-state index >= 15 is 0 Å². The van der Waals surface area contributed by atoms with Crippen LogP contribution in [0.25, 0.3) is 0 Å². The Hall–Kier alpha value is -3.36. The average Bonchev–Trinajstić information content (AvgIpc) is 3.07. The standard InChI is InChI=1S/C19H20N7O/c1-25(2)17-8-7-16(11-21-17)26-10-9-20-12-18(26)23-19(24-26)22-15-5-3-14(13-27)4-6-15/h3-12,27H,13H2,1-2H3,(H,22,24)/q+1. The van der Waals surface area contributed by atoms with E-state index in [0.717, 1.165) is 22.8 Å². The number of aromatic nitrogens is 1. The number of aliphatic hydroxyl groups excluding tert-OH is 1. The molecule has 3 heterocycles. The fourth-order valence-electron chi connectivity index (χ4n) is 2.88. The summed E-state index contributed by atoms with van der Waals surface area (Å²) in [6.07, 6.45) is 7.08. The van der Waals surface area contributed by atoms with E-state index in [1.165, 1.54) is 0 Å². The van der Waals surface area contributed by atoms with Crippen LogP contribution in [-0.4, -0.2) is 42.2 Å². The van der Waals surface area contributed by atoms with Gasteiger partial charge in [-0.3, -0.25) is 4.99 Å². The number of anilines is 2. The van der Waals surface area contributed by atoms with Gasteiger partial charge >= 0.3 is 0 Å². The van der Waals surface area contributed by atoms with E-state index in [0.29, 0.717) is 11.8 Å². The van der Waals surface area contributed by atoms with E-state index in [2.05, 4.69) is 20.3 Å². The van der Waals surface area contributed by atoms with Crippen molar-refractivity contribution in [3.63, 3.8) is 0 Å². The number of pyridine rings is 1. The molecule has 0 amide bonds. The Labute approximate surface area is 157 Å². The fraction of sp³-hybridized carbons (Fsp3) is 0.158. The van der Waals surface area contributed by atoms with Crippen molar-refractivity contribution >= 4 is 35.2 Å². The summed E-state index contributed by atoms with van der Waals surface area (Å²) < 4.78 is 0.0846. The molecule has 27 heavy (non-hydrogen) atoms. The summed E-state index contributed by atoms with van der Waals surface area (Å²) >= 11 is 0. The lowest BCUT2D eigenvalue weighted by atomic mass is 10.2. The first-order valence-corrected chi connectivity index (χ1v) is 8.50. The summed E-state index contributed by atoms with van der Waals surface area (Å²) in [6, 6.07) is 11.4. The number of nitrogens with one attached hydrogen (secondary N) is 1. The molecular weight excluding hydrogens is 342 g/mol. The zero-order chi connectivity index (χ0) is 18.9. The zero-order valence-corrected chi connectivity index (χ0v) is 15.1. The first-order valence-electron chi connectivity index (χ1n) is 8.50. The molecule has 1 atom stereocenters. The molecule has 2 aromatic rings. The maximum atomic E-state index is 9.17. The van der Waals surface area contributed by atoms with Gasteiger partial charge in [0.2, 0.25) is 0 Å². The van der Waals surface area contributed by atoms with Gasteiger partial charge in [-0.05, 0) is 28.9 Å². The number of hydrogen-bond donors (Lipinski definition) is 2. The van der Waals surface area contributed by atoms with Crippen molar-refractivity contribution in [2.75, 3.05) is 24.3 Å². The van der Waals surface area contributed by atoms with Gasteiger partial charge in [0.25, 0.3) is 11.8 Å². The first kappa shape index (κ1) is 17.1. The molecule has 0 fully saturated rings. The van der Waals surface area contributed by atoms with Crippen LogP contribution in [0, 0.1) is 0 Å². The lowest BCUT2D eigenvalue weighted by Gasteiger charge is -2.23. The van der Waals surface area contributed by atoms with Gasteiger partial charge in [-0.1, -0.05) is 16.7 Å². The second-order valence-electron chi connectivity index (χ2n) is 6.40. The van der Waals surface area contributed by atoms with Crippen LogP contribution in [0.1, 0.15) is 5.56 Å². The lowest BCUT2D eigenvalue weighted by molar-refractivity contribution is 0.282. The maximum absolute atomic E-state index is 9.17. The molecule has 0 spiro atoms. The van der Waals surface area contributed by atoms with Crippen molar-refractivity contribution in [3.8, 4) is 0 Å². The molecular formula is C19H20N7O+. The number of guanidine groups is 1. The van der Waals surface area contributed by atoms with Gasteiger partial charge in [-0.25, -0.2) is 4.98 Å². The molecule has 2 aliphatic heterocycles. The number of aliphatic hydroxyl groups is 1. The van der Waals surface area contributed by atoms with Crippen LogP contribution in [0.4, 0.5) is 17.2 Å². The van der Waals surface area contributed by atoms with E-state index in [1.54, 1.807) is 18.6 Å². The molecule has 0 aliphatic carbocycles. The minimum atomic E-state index is 0.0146. The first-order chi connectivity index (χ1) is 13.1. The summed E-state index contributed by atoms with van der Waals surface area (Å²) in [5.41, 5.74) is 2.56. The molecule has 0 saturated heterocycles. The van der Waals surface area contributed by atoms with Crippen LogP contribution in [0.15, 0.2) is 70.1 Å². The van der Waals surface area contributed by atoms with Crippen LogP contribution in [0.5, 0.6) is 0 Å². The molecule has 2 aliphatic rings. The van der Waals surface area contributed by atoms with Crippen LogP contribution >= 0.6 is 0 Å². The topological polar surface area (TPSA) is 85.5 Å². The van der Waals surface area contributed by atoms with Gasteiger partial charge < -0.3 is 15.3 Å². The Balaban J connectivity index is 1.67.